The molecule has 1 heterocycles. The van der Waals surface area contributed by atoms with E-state index in [1.165, 1.54) is 9.87 Å². The predicted octanol–water partition coefficient (Wildman–Crippen LogP) is 3.41. The van der Waals surface area contributed by atoms with Crippen LogP contribution in [-0.2, 0) is 16.6 Å². The summed E-state index contributed by atoms with van der Waals surface area (Å²) < 4.78 is 32.6. The fraction of sp³-hybridized carbons (Fsp3) is 0.300. The van der Waals surface area contributed by atoms with Gasteiger partial charge in [0.2, 0.25) is 10.0 Å². The monoisotopic (exact) mass is 406 g/mol. The highest BCUT2D eigenvalue weighted by Crippen LogP contribution is 2.25. The van der Waals surface area contributed by atoms with Crippen molar-refractivity contribution in [1.82, 2.24) is 9.21 Å². The van der Waals surface area contributed by atoms with Crippen LogP contribution >= 0.6 is 11.6 Å². The largest absolute Gasteiger partial charge is 0.490 e. The Morgan fingerprint density at radius 3 is 2.33 bits per heavy atom. The molecule has 1 saturated heterocycles. The number of hydrogen-bond donors (Lipinski definition) is 0. The van der Waals surface area contributed by atoms with E-state index in [1.807, 2.05) is 24.3 Å². The molecule has 2 aromatic rings. The third-order valence-corrected chi connectivity index (χ3v) is 6.88. The first kappa shape index (κ1) is 19.9. The van der Waals surface area contributed by atoms with Crippen LogP contribution in [0.15, 0.2) is 66.1 Å². The molecule has 3 rings (SSSR count). The molecular weight excluding hydrogens is 384 g/mol. The SMILES string of the molecule is C=CCOc1ccc(CN2CCN(S(=O)(=O)c3ccccc3Cl)CC2)cc1. The molecule has 5 nitrogen and oxygen atoms in total. The molecule has 1 fully saturated rings. The van der Waals surface area contributed by atoms with Gasteiger partial charge in [0.25, 0.3) is 0 Å². The molecule has 0 atom stereocenters. The van der Waals surface area contributed by atoms with Crippen molar-refractivity contribution >= 4 is 21.6 Å². The molecule has 1 aliphatic rings. The molecule has 2 aromatic carbocycles. The Balaban J connectivity index is 1.57. The number of benzene rings is 2. The van der Waals surface area contributed by atoms with Gasteiger partial charge in [-0.3, -0.25) is 4.90 Å². The molecule has 0 spiro atoms. The molecule has 0 radical (unpaired) electrons. The summed E-state index contributed by atoms with van der Waals surface area (Å²) in [6, 6.07) is 14.5. The summed E-state index contributed by atoms with van der Waals surface area (Å²) in [7, 11) is -3.55. The van der Waals surface area contributed by atoms with E-state index in [-0.39, 0.29) is 9.92 Å². The Morgan fingerprint density at radius 1 is 1.04 bits per heavy atom. The van der Waals surface area contributed by atoms with Gasteiger partial charge in [-0.25, -0.2) is 8.42 Å². The average Bonchev–Trinajstić information content (AvgIpc) is 2.68. The zero-order chi connectivity index (χ0) is 19.3. The van der Waals surface area contributed by atoms with Gasteiger partial charge < -0.3 is 4.74 Å². The minimum absolute atomic E-state index is 0.176. The topological polar surface area (TPSA) is 49.9 Å². The molecule has 144 valence electrons. The maximum Gasteiger partial charge on any atom is 0.244 e. The summed E-state index contributed by atoms with van der Waals surface area (Å²) in [5, 5.41) is 0.263. The van der Waals surface area contributed by atoms with E-state index in [4.69, 9.17) is 16.3 Å². The van der Waals surface area contributed by atoms with Crippen LogP contribution < -0.4 is 4.74 Å². The Kier molecular flexibility index (Phi) is 6.55. The van der Waals surface area contributed by atoms with Crippen molar-refractivity contribution in [3.8, 4) is 5.75 Å². The summed E-state index contributed by atoms with van der Waals surface area (Å²) in [5.41, 5.74) is 1.17. The van der Waals surface area contributed by atoms with E-state index in [0.29, 0.717) is 32.8 Å². The number of sulfonamides is 1. The maximum absolute atomic E-state index is 12.8. The van der Waals surface area contributed by atoms with Crippen LogP contribution in [0.3, 0.4) is 0 Å². The summed E-state index contributed by atoms with van der Waals surface area (Å²) >= 11 is 6.08. The van der Waals surface area contributed by atoms with Gasteiger partial charge in [0, 0.05) is 32.7 Å². The van der Waals surface area contributed by atoms with Crippen LogP contribution in [0.25, 0.3) is 0 Å². The van der Waals surface area contributed by atoms with E-state index >= 15 is 0 Å². The van der Waals surface area contributed by atoms with E-state index in [1.54, 1.807) is 30.3 Å². The lowest BCUT2D eigenvalue weighted by Gasteiger charge is -2.34. The van der Waals surface area contributed by atoms with Crippen molar-refractivity contribution in [2.75, 3.05) is 32.8 Å². The Bertz CT molecular complexity index is 876. The van der Waals surface area contributed by atoms with Crippen molar-refractivity contribution in [2.24, 2.45) is 0 Å². The van der Waals surface area contributed by atoms with Gasteiger partial charge >= 0.3 is 0 Å². The fourth-order valence-corrected chi connectivity index (χ4v) is 4.94. The Labute approximate surface area is 165 Å². The van der Waals surface area contributed by atoms with Gasteiger partial charge in [0.15, 0.2) is 0 Å². The molecule has 1 aliphatic heterocycles. The van der Waals surface area contributed by atoms with Crippen molar-refractivity contribution in [3.05, 3.63) is 71.8 Å². The summed E-state index contributed by atoms with van der Waals surface area (Å²) in [4.78, 5) is 2.42. The molecule has 0 amide bonds. The van der Waals surface area contributed by atoms with Gasteiger partial charge in [0.05, 0.1) is 5.02 Å². The van der Waals surface area contributed by atoms with Gasteiger partial charge in [-0.1, -0.05) is 48.5 Å². The zero-order valence-electron chi connectivity index (χ0n) is 15.1. The number of rotatable bonds is 7. The number of nitrogens with zero attached hydrogens (tertiary/aromatic N) is 2. The molecule has 0 unspecified atom stereocenters. The Morgan fingerprint density at radius 2 is 1.70 bits per heavy atom. The van der Waals surface area contributed by atoms with E-state index in [2.05, 4.69) is 11.5 Å². The van der Waals surface area contributed by atoms with Gasteiger partial charge in [0.1, 0.15) is 17.3 Å². The number of ether oxygens (including phenoxy) is 1. The summed E-state index contributed by atoms with van der Waals surface area (Å²) in [6.45, 7) is 7.16. The summed E-state index contributed by atoms with van der Waals surface area (Å²) in [6.07, 6.45) is 1.71. The fourth-order valence-electron chi connectivity index (χ4n) is 3.03. The van der Waals surface area contributed by atoms with Crippen LogP contribution in [-0.4, -0.2) is 50.4 Å². The lowest BCUT2D eigenvalue weighted by Crippen LogP contribution is -2.48. The van der Waals surface area contributed by atoms with Crippen molar-refractivity contribution < 1.29 is 13.2 Å². The third-order valence-electron chi connectivity index (χ3n) is 4.48. The molecule has 0 saturated carbocycles. The van der Waals surface area contributed by atoms with Crippen LogP contribution in [0.2, 0.25) is 5.02 Å². The first-order valence-corrected chi connectivity index (χ1v) is 10.6. The Hall–Kier alpha value is -1.86. The van der Waals surface area contributed by atoms with Gasteiger partial charge in [-0.05, 0) is 29.8 Å². The third kappa shape index (κ3) is 4.90. The van der Waals surface area contributed by atoms with Crippen LogP contribution in [0.1, 0.15) is 5.56 Å². The minimum Gasteiger partial charge on any atom is -0.490 e. The summed E-state index contributed by atoms with van der Waals surface area (Å²) in [5.74, 6) is 0.814. The van der Waals surface area contributed by atoms with E-state index in [9.17, 15) is 8.42 Å². The average molecular weight is 407 g/mol. The molecule has 0 aromatic heterocycles. The standard InChI is InChI=1S/C20H23ClN2O3S/c1-2-15-26-18-9-7-17(8-10-18)16-22-11-13-23(14-12-22)27(24,25)20-6-4-3-5-19(20)21/h2-10H,1,11-16H2. The second kappa shape index (κ2) is 8.89. The molecule has 7 heteroatoms. The predicted molar refractivity (Wildman–Crippen MR) is 108 cm³/mol. The second-order valence-electron chi connectivity index (χ2n) is 6.35. The lowest BCUT2D eigenvalue weighted by atomic mass is 10.2. The van der Waals surface area contributed by atoms with Crippen molar-refractivity contribution in [2.45, 2.75) is 11.4 Å². The number of halogens is 1. The van der Waals surface area contributed by atoms with Crippen molar-refractivity contribution in [3.63, 3.8) is 0 Å². The van der Waals surface area contributed by atoms with E-state index in [0.717, 1.165) is 12.3 Å². The molecular formula is C20H23ClN2O3S. The quantitative estimate of drug-likeness (QED) is 0.661. The number of hydrogen-bond acceptors (Lipinski definition) is 4. The van der Waals surface area contributed by atoms with E-state index < -0.39 is 10.0 Å². The highest BCUT2D eigenvalue weighted by molar-refractivity contribution is 7.89. The zero-order valence-corrected chi connectivity index (χ0v) is 16.6. The molecule has 0 aliphatic carbocycles. The van der Waals surface area contributed by atoms with Crippen molar-refractivity contribution in [1.29, 1.82) is 0 Å². The van der Waals surface area contributed by atoms with Gasteiger partial charge in [-0.15, -0.1) is 0 Å². The lowest BCUT2D eigenvalue weighted by molar-refractivity contribution is 0.181. The first-order valence-electron chi connectivity index (χ1n) is 8.80. The number of piperazine rings is 1. The smallest absolute Gasteiger partial charge is 0.244 e. The first-order chi connectivity index (χ1) is 13.0. The van der Waals surface area contributed by atoms with Crippen LogP contribution in [0.4, 0.5) is 0 Å². The highest BCUT2D eigenvalue weighted by atomic mass is 35.5. The van der Waals surface area contributed by atoms with Gasteiger partial charge in [-0.2, -0.15) is 4.31 Å². The molecule has 0 N–H and O–H groups in total. The second-order valence-corrected chi connectivity index (χ2v) is 8.67. The molecule has 27 heavy (non-hydrogen) atoms. The van der Waals surface area contributed by atoms with Crippen LogP contribution in [0.5, 0.6) is 5.75 Å². The highest BCUT2D eigenvalue weighted by Gasteiger charge is 2.29. The normalized spacial score (nSPS) is 16.2. The van der Waals surface area contributed by atoms with Crippen LogP contribution in [0, 0.1) is 0 Å². The maximum atomic E-state index is 12.8. The minimum atomic E-state index is -3.55. The molecule has 0 bridgehead atoms.